The van der Waals surface area contributed by atoms with Gasteiger partial charge in [0.25, 0.3) is 0 Å². The summed E-state index contributed by atoms with van der Waals surface area (Å²) in [6.07, 6.45) is 0.413. The van der Waals surface area contributed by atoms with Gasteiger partial charge in [-0.05, 0) is 31.0 Å². The molecule has 78 valence electrons. The Labute approximate surface area is 93.0 Å². The number of rotatable bonds is 5. The Bertz CT molecular complexity index is 256. The lowest BCUT2D eigenvalue weighted by atomic mass is 10.2. The van der Waals surface area contributed by atoms with Gasteiger partial charge in [0.15, 0.2) is 0 Å². The molecule has 1 aromatic rings. The van der Waals surface area contributed by atoms with Crippen molar-refractivity contribution in [1.82, 2.24) is 0 Å². The van der Waals surface area contributed by atoms with Gasteiger partial charge in [0.2, 0.25) is 0 Å². The zero-order valence-electron chi connectivity index (χ0n) is 8.24. The molecule has 1 aromatic carbocycles. The average molecular weight is 259 g/mol. The average Bonchev–Trinajstić information content (AvgIpc) is 2.15. The Hall–Kier alpha value is -0.380. The summed E-state index contributed by atoms with van der Waals surface area (Å²) in [7, 11) is 0. The number of hydrogen-bond acceptors (Lipinski definition) is 2. The van der Waals surface area contributed by atoms with Gasteiger partial charge in [0, 0.05) is 11.1 Å². The van der Waals surface area contributed by atoms with E-state index in [2.05, 4.69) is 15.9 Å². The molecule has 2 nitrogen and oxygen atoms in total. The van der Waals surface area contributed by atoms with Gasteiger partial charge in [0.1, 0.15) is 0 Å². The molecule has 0 fully saturated rings. The van der Waals surface area contributed by atoms with Crippen LogP contribution in [0.2, 0.25) is 0 Å². The predicted octanol–water partition coefficient (Wildman–Crippen LogP) is 2.74. The fourth-order valence-electron chi connectivity index (χ4n) is 1.02. The van der Waals surface area contributed by atoms with Crippen molar-refractivity contribution in [1.29, 1.82) is 0 Å². The molecule has 0 unspecified atom stereocenters. The minimum absolute atomic E-state index is 0.278. The van der Waals surface area contributed by atoms with Crippen LogP contribution < -0.4 is 0 Å². The third-order valence-corrected chi connectivity index (χ3v) is 2.39. The first-order valence-electron chi connectivity index (χ1n) is 4.69. The first kappa shape index (κ1) is 11.7. The minimum atomic E-state index is -0.278. The number of ether oxygens (including phenoxy) is 1. The maximum absolute atomic E-state index is 9.00. The second-order valence-corrected chi connectivity index (χ2v) is 4.23. The third-order valence-electron chi connectivity index (χ3n) is 1.86. The smallest absolute Gasteiger partial charge is 0.0716 e. The van der Waals surface area contributed by atoms with E-state index in [-0.39, 0.29) is 6.10 Å². The molecule has 0 aliphatic rings. The quantitative estimate of drug-likeness (QED) is 0.824. The highest BCUT2D eigenvalue weighted by Gasteiger charge is 1.96. The zero-order chi connectivity index (χ0) is 10.4. The van der Waals surface area contributed by atoms with E-state index in [1.54, 1.807) is 6.92 Å². The molecule has 0 bridgehead atoms. The lowest BCUT2D eigenvalue weighted by Gasteiger charge is -2.05. The molecule has 0 saturated heterocycles. The Morgan fingerprint density at radius 2 is 2.00 bits per heavy atom. The van der Waals surface area contributed by atoms with E-state index in [1.807, 2.05) is 24.3 Å². The summed E-state index contributed by atoms with van der Waals surface area (Å²) >= 11 is 3.37. The van der Waals surface area contributed by atoms with Gasteiger partial charge < -0.3 is 9.84 Å². The van der Waals surface area contributed by atoms with Crippen LogP contribution in [0.5, 0.6) is 0 Å². The molecule has 0 heterocycles. The van der Waals surface area contributed by atoms with Crippen LogP contribution in [0.4, 0.5) is 0 Å². The van der Waals surface area contributed by atoms with Gasteiger partial charge in [-0.25, -0.2) is 0 Å². The molecule has 0 aliphatic heterocycles. The Morgan fingerprint density at radius 1 is 1.36 bits per heavy atom. The fourth-order valence-corrected chi connectivity index (χ4v) is 1.29. The summed E-state index contributed by atoms with van der Waals surface area (Å²) in [5, 5.41) is 9.00. The van der Waals surface area contributed by atoms with E-state index in [9.17, 15) is 0 Å². The van der Waals surface area contributed by atoms with E-state index >= 15 is 0 Å². The highest BCUT2D eigenvalue weighted by atomic mass is 79.9. The number of aliphatic hydroxyl groups excluding tert-OH is 1. The van der Waals surface area contributed by atoms with Crippen molar-refractivity contribution in [2.24, 2.45) is 0 Å². The van der Waals surface area contributed by atoms with Crippen LogP contribution in [0.3, 0.4) is 0 Å². The van der Waals surface area contributed by atoms with Crippen molar-refractivity contribution < 1.29 is 9.84 Å². The summed E-state index contributed by atoms with van der Waals surface area (Å²) in [4.78, 5) is 0. The summed E-state index contributed by atoms with van der Waals surface area (Å²) < 4.78 is 6.47. The maximum atomic E-state index is 9.00. The van der Waals surface area contributed by atoms with Crippen LogP contribution in [0.1, 0.15) is 18.9 Å². The molecular weight excluding hydrogens is 244 g/mol. The van der Waals surface area contributed by atoms with Gasteiger partial charge in [-0.15, -0.1) is 0 Å². The van der Waals surface area contributed by atoms with Crippen LogP contribution >= 0.6 is 15.9 Å². The highest BCUT2D eigenvalue weighted by molar-refractivity contribution is 9.10. The molecule has 0 aromatic heterocycles. The van der Waals surface area contributed by atoms with Crippen molar-refractivity contribution in [3.63, 3.8) is 0 Å². The first-order chi connectivity index (χ1) is 6.68. The van der Waals surface area contributed by atoms with E-state index < -0.39 is 0 Å². The normalized spacial score (nSPS) is 12.8. The molecular formula is C11H15BrO2. The van der Waals surface area contributed by atoms with E-state index in [1.165, 1.54) is 0 Å². The lowest BCUT2D eigenvalue weighted by molar-refractivity contribution is 0.0801. The summed E-state index contributed by atoms with van der Waals surface area (Å²) in [6, 6.07) is 8.03. The molecule has 0 saturated carbocycles. The molecule has 0 amide bonds. The SMILES string of the molecule is C[C@H](O)CCOCc1ccc(Br)cc1. The van der Waals surface area contributed by atoms with Crippen LogP contribution in [0, 0.1) is 0 Å². The fraction of sp³-hybridized carbons (Fsp3) is 0.455. The first-order valence-corrected chi connectivity index (χ1v) is 5.48. The largest absolute Gasteiger partial charge is 0.393 e. The Kier molecular flexibility index (Phi) is 5.15. The molecule has 1 atom stereocenters. The Balaban J connectivity index is 2.21. The monoisotopic (exact) mass is 258 g/mol. The van der Waals surface area contributed by atoms with E-state index in [0.717, 1.165) is 10.0 Å². The van der Waals surface area contributed by atoms with Crippen molar-refractivity contribution in [3.8, 4) is 0 Å². The number of aliphatic hydroxyl groups is 1. The molecule has 0 spiro atoms. The summed E-state index contributed by atoms with van der Waals surface area (Å²) in [6.45, 7) is 2.98. The van der Waals surface area contributed by atoms with Gasteiger partial charge in [-0.1, -0.05) is 28.1 Å². The predicted molar refractivity (Wildman–Crippen MR) is 60.1 cm³/mol. The van der Waals surface area contributed by atoms with Gasteiger partial charge in [0.05, 0.1) is 12.7 Å². The third kappa shape index (κ3) is 4.74. The standard InChI is InChI=1S/C11H15BrO2/c1-9(13)6-7-14-8-10-2-4-11(12)5-3-10/h2-5,9,13H,6-8H2,1H3/t9-/m0/s1. The maximum Gasteiger partial charge on any atom is 0.0716 e. The highest BCUT2D eigenvalue weighted by Crippen LogP contribution is 2.11. The second kappa shape index (κ2) is 6.17. The van der Waals surface area contributed by atoms with Crippen molar-refractivity contribution >= 4 is 15.9 Å². The minimum Gasteiger partial charge on any atom is -0.393 e. The molecule has 0 aliphatic carbocycles. The summed E-state index contributed by atoms with van der Waals surface area (Å²) in [5.74, 6) is 0. The van der Waals surface area contributed by atoms with Crippen LogP contribution in [-0.4, -0.2) is 17.8 Å². The molecule has 0 radical (unpaired) electrons. The van der Waals surface area contributed by atoms with Gasteiger partial charge >= 0.3 is 0 Å². The van der Waals surface area contributed by atoms with Crippen LogP contribution in [-0.2, 0) is 11.3 Å². The summed E-state index contributed by atoms with van der Waals surface area (Å²) in [5.41, 5.74) is 1.15. The van der Waals surface area contributed by atoms with Crippen LogP contribution in [0.25, 0.3) is 0 Å². The number of hydrogen-bond donors (Lipinski definition) is 1. The molecule has 1 rings (SSSR count). The van der Waals surface area contributed by atoms with Gasteiger partial charge in [-0.3, -0.25) is 0 Å². The lowest BCUT2D eigenvalue weighted by Crippen LogP contribution is -2.05. The van der Waals surface area contributed by atoms with Crippen molar-refractivity contribution in [3.05, 3.63) is 34.3 Å². The van der Waals surface area contributed by atoms with Crippen molar-refractivity contribution in [2.45, 2.75) is 26.1 Å². The van der Waals surface area contributed by atoms with Crippen LogP contribution in [0.15, 0.2) is 28.7 Å². The topological polar surface area (TPSA) is 29.5 Å². The number of halogens is 1. The van der Waals surface area contributed by atoms with Crippen molar-refractivity contribution in [2.75, 3.05) is 6.61 Å². The second-order valence-electron chi connectivity index (χ2n) is 3.32. The zero-order valence-corrected chi connectivity index (χ0v) is 9.83. The van der Waals surface area contributed by atoms with E-state index in [4.69, 9.17) is 9.84 Å². The van der Waals surface area contributed by atoms with Gasteiger partial charge in [-0.2, -0.15) is 0 Å². The molecule has 3 heteroatoms. The number of benzene rings is 1. The van der Waals surface area contributed by atoms with E-state index in [0.29, 0.717) is 19.6 Å². The molecule has 1 N–H and O–H groups in total. The Morgan fingerprint density at radius 3 is 2.57 bits per heavy atom. The molecule has 14 heavy (non-hydrogen) atoms.